The molecule has 2 N–H and O–H groups in total. The van der Waals surface area contributed by atoms with Gasteiger partial charge in [-0.3, -0.25) is 5.41 Å². The van der Waals surface area contributed by atoms with Gasteiger partial charge in [0.25, 0.3) is 0 Å². The Morgan fingerprint density at radius 2 is 2.06 bits per heavy atom. The number of pyridine rings is 1. The lowest BCUT2D eigenvalue weighted by Crippen LogP contribution is -2.22. The summed E-state index contributed by atoms with van der Waals surface area (Å²) in [6.07, 6.45) is -2.73. The molecule has 0 aliphatic heterocycles. The second kappa shape index (κ2) is 4.69. The maximum absolute atomic E-state index is 12.6. The average Bonchev–Trinajstić information content (AvgIpc) is 2.17. The molecule has 0 aromatic carbocycles. The number of nitrogens with one attached hydrogen (secondary N) is 1. The van der Waals surface area contributed by atoms with E-state index in [2.05, 4.69) is 0 Å². The molecule has 16 heavy (non-hydrogen) atoms. The smallest absolute Gasteiger partial charge is 0.396 e. The number of hydrogen-bond donors (Lipinski definition) is 2. The molecule has 0 atom stereocenters. The molecule has 1 heterocycles. The first-order valence-corrected chi connectivity index (χ1v) is 4.78. The van der Waals surface area contributed by atoms with Gasteiger partial charge in [0, 0.05) is 19.9 Å². The van der Waals surface area contributed by atoms with Gasteiger partial charge in [0.2, 0.25) is 0 Å². The van der Waals surface area contributed by atoms with E-state index in [0.29, 0.717) is 0 Å². The van der Waals surface area contributed by atoms with Crippen molar-refractivity contribution in [2.24, 2.45) is 7.05 Å². The Labute approximate surface area is 90.7 Å². The fourth-order valence-electron chi connectivity index (χ4n) is 1.44. The first-order valence-electron chi connectivity index (χ1n) is 4.78. The molecule has 0 amide bonds. The van der Waals surface area contributed by atoms with Crippen LogP contribution in [0.15, 0.2) is 12.3 Å². The quantitative estimate of drug-likeness (QED) is 0.817. The zero-order valence-electron chi connectivity index (χ0n) is 8.80. The zero-order chi connectivity index (χ0) is 12.3. The topological polar surface area (TPSA) is 49.0 Å². The number of alkyl halides is 3. The molecule has 3 nitrogen and oxygen atoms in total. The Hall–Kier alpha value is -1.30. The molecule has 1 aromatic heterocycles. The molecule has 0 unspecified atom stereocenters. The summed E-state index contributed by atoms with van der Waals surface area (Å²) in [6.45, 7) is -0.149. The van der Waals surface area contributed by atoms with Gasteiger partial charge < -0.3 is 9.67 Å². The highest BCUT2D eigenvalue weighted by atomic mass is 19.4. The Bertz CT molecular complexity index is 423. The number of aromatic nitrogens is 1. The molecule has 1 rings (SSSR count). The van der Waals surface area contributed by atoms with Crippen LogP contribution in [0.3, 0.4) is 0 Å². The van der Waals surface area contributed by atoms with Crippen LogP contribution in [-0.2, 0) is 19.6 Å². The number of aryl methyl sites for hydroxylation is 2. The Morgan fingerprint density at radius 3 is 2.56 bits per heavy atom. The highest BCUT2D eigenvalue weighted by molar-refractivity contribution is 5.26. The molecular weight excluding hydrogens is 221 g/mol. The van der Waals surface area contributed by atoms with Gasteiger partial charge in [-0.05, 0) is 24.5 Å². The third-order valence-electron chi connectivity index (χ3n) is 2.27. The van der Waals surface area contributed by atoms with Gasteiger partial charge in [-0.2, -0.15) is 13.2 Å². The fraction of sp³-hybridized carbons (Fsp3) is 0.500. The minimum Gasteiger partial charge on any atom is -0.396 e. The van der Waals surface area contributed by atoms with E-state index >= 15 is 0 Å². The van der Waals surface area contributed by atoms with E-state index in [1.165, 1.54) is 17.8 Å². The first kappa shape index (κ1) is 12.8. The summed E-state index contributed by atoms with van der Waals surface area (Å²) in [5, 5.41) is 15.9. The van der Waals surface area contributed by atoms with Crippen molar-refractivity contribution in [1.82, 2.24) is 4.57 Å². The maximum atomic E-state index is 12.6. The normalized spacial score (nSPS) is 11.8. The largest absolute Gasteiger partial charge is 0.416 e. The lowest BCUT2D eigenvalue weighted by atomic mass is 10.1. The van der Waals surface area contributed by atoms with Crippen molar-refractivity contribution in [1.29, 1.82) is 5.41 Å². The van der Waals surface area contributed by atoms with E-state index in [-0.39, 0.29) is 30.5 Å². The minimum atomic E-state index is -4.45. The highest BCUT2D eigenvalue weighted by Gasteiger charge is 2.33. The molecular formula is C10H13F3N2O. The summed E-state index contributed by atoms with van der Waals surface area (Å²) in [6, 6.07) is 0.812. The first-order chi connectivity index (χ1) is 7.36. The second-order valence-electron chi connectivity index (χ2n) is 3.53. The molecule has 0 aliphatic rings. The molecule has 90 valence electrons. The van der Waals surface area contributed by atoms with Gasteiger partial charge in [-0.25, -0.2) is 0 Å². The molecule has 0 bridgehead atoms. The van der Waals surface area contributed by atoms with Crippen LogP contribution in [0.5, 0.6) is 0 Å². The van der Waals surface area contributed by atoms with Crippen LogP contribution in [0, 0.1) is 5.41 Å². The van der Waals surface area contributed by atoms with E-state index in [4.69, 9.17) is 10.5 Å². The van der Waals surface area contributed by atoms with E-state index in [1.807, 2.05) is 0 Å². The van der Waals surface area contributed by atoms with Gasteiger partial charge in [0.05, 0.1) is 5.56 Å². The Balaban J connectivity index is 3.22. The number of halogens is 3. The van der Waals surface area contributed by atoms with E-state index in [1.54, 1.807) is 0 Å². The standard InChI is InChI=1S/C10H13F3N2O/c1-15-6-7(3-2-4-16)8(5-9(15)14)10(11,12)13/h5-6,14,16H,2-4H2,1H3. The minimum absolute atomic E-state index is 0.111. The third kappa shape index (κ3) is 2.85. The van der Waals surface area contributed by atoms with Crippen LogP contribution in [-0.4, -0.2) is 16.3 Å². The molecule has 0 saturated carbocycles. The molecule has 0 radical (unpaired) electrons. The molecule has 1 aromatic rings. The van der Waals surface area contributed by atoms with Crippen molar-refractivity contribution in [3.63, 3.8) is 0 Å². The van der Waals surface area contributed by atoms with Gasteiger partial charge >= 0.3 is 6.18 Å². The molecule has 0 fully saturated rings. The van der Waals surface area contributed by atoms with Crippen molar-refractivity contribution in [3.05, 3.63) is 28.9 Å². The Morgan fingerprint density at radius 1 is 1.44 bits per heavy atom. The van der Waals surface area contributed by atoms with Gasteiger partial charge in [-0.15, -0.1) is 0 Å². The van der Waals surface area contributed by atoms with Gasteiger partial charge in [0.15, 0.2) is 0 Å². The average molecular weight is 234 g/mol. The monoisotopic (exact) mass is 234 g/mol. The lowest BCUT2D eigenvalue weighted by molar-refractivity contribution is -0.138. The molecule has 6 heteroatoms. The summed E-state index contributed by atoms with van der Waals surface area (Å²) < 4.78 is 39.2. The summed E-state index contributed by atoms with van der Waals surface area (Å²) in [5.41, 5.74) is -0.871. The van der Waals surface area contributed by atoms with Crippen LogP contribution >= 0.6 is 0 Å². The summed E-state index contributed by atoms with van der Waals surface area (Å²) in [4.78, 5) is 0. The van der Waals surface area contributed by atoms with Crippen molar-refractivity contribution >= 4 is 0 Å². The van der Waals surface area contributed by atoms with Crippen molar-refractivity contribution in [2.45, 2.75) is 19.0 Å². The maximum Gasteiger partial charge on any atom is 0.416 e. The highest BCUT2D eigenvalue weighted by Crippen LogP contribution is 2.31. The second-order valence-corrected chi connectivity index (χ2v) is 3.53. The molecule has 0 spiro atoms. The summed E-state index contributed by atoms with van der Waals surface area (Å²) >= 11 is 0. The van der Waals surface area contributed by atoms with E-state index in [0.717, 1.165) is 6.07 Å². The van der Waals surface area contributed by atoms with Crippen LogP contribution < -0.4 is 5.49 Å². The summed E-state index contributed by atoms with van der Waals surface area (Å²) in [5.74, 6) is 0. The van der Waals surface area contributed by atoms with Crippen molar-refractivity contribution in [2.75, 3.05) is 6.61 Å². The van der Waals surface area contributed by atoms with Gasteiger partial charge in [0.1, 0.15) is 5.49 Å². The third-order valence-corrected chi connectivity index (χ3v) is 2.27. The van der Waals surface area contributed by atoms with Crippen LogP contribution in [0.1, 0.15) is 17.5 Å². The predicted octanol–water partition coefficient (Wildman–Crippen LogP) is 1.45. The van der Waals surface area contributed by atoms with E-state index < -0.39 is 11.7 Å². The predicted molar refractivity (Wildman–Crippen MR) is 51.7 cm³/mol. The fourth-order valence-corrected chi connectivity index (χ4v) is 1.44. The number of rotatable bonds is 3. The number of nitrogens with zero attached hydrogens (tertiary/aromatic N) is 1. The zero-order valence-corrected chi connectivity index (χ0v) is 8.80. The number of hydrogen-bond acceptors (Lipinski definition) is 2. The van der Waals surface area contributed by atoms with Crippen LogP contribution in [0.4, 0.5) is 13.2 Å². The molecule has 0 aliphatic carbocycles. The molecule has 0 saturated heterocycles. The Kier molecular flexibility index (Phi) is 3.74. The van der Waals surface area contributed by atoms with Crippen molar-refractivity contribution in [3.8, 4) is 0 Å². The number of aliphatic hydroxyl groups is 1. The van der Waals surface area contributed by atoms with Crippen molar-refractivity contribution < 1.29 is 18.3 Å². The van der Waals surface area contributed by atoms with E-state index in [9.17, 15) is 13.2 Å². The number of aliphatic hydroxyl groups excluding tert-OH is 1. The van der Waals surface area contributed by atoms with Gasteiger partial charge in [-0.1, -0.05) is 0 Å². The summed E-state index contributed by atoms with van der Waals surface area (Å²) in [7, 11) is 1.52. The SMILES string of the molecule is Cn1cc(CCCO)c(C(F)(F)F)cc1=N. The van der Waals surface area contributed by atoms with Crippen LogP contribution in [0.2, 0.25) is 0 Å². The van der Waals surface area contributed by atoms with Crippen LogP contribution in [0.25, 0.3) is 0 Å². The lowest BCUT2D eigenvalue weighted by Gasteiger charge is -2.14.